The Morgan fingerprint density at radius 2 is 2.40 bits per heavy atom. The lowest BCUT2D eigenvalue weighted by Crippen LogP contribution is -2.28. The van der Waals surface area contributed by atoms with E-state index in [2.05, 4.69) is 10.3 Å². The lowest BCUT2D eigenvalue weighted by molar-refractivity contribution is -0.121. The number of carbonyl (C=O) groups excluding carboxylic acids is 1. The summed E-state index contributed by atoms with van der Waals surface area (Å²) in [6, 6.07) is 1.77. The molecule has 0 atom stereocenters. The van der Waals surface area contributed by atoms with Gasteiger partial charge in [0.05, 0.1) is 6.33 Å². The number of aromatic nitrogens is 2. The summed E-state index contributed by atoms with van der Waals surface area (Å²) >= 11 is 0. The van der Waals surface area contributed by atoms with Crippen molar-refractivity contribution in [1.29, 1.82) is 0 Å². The van der Waals surface area contributed by atoms with Crippen LogP contribution in [0.4, 0.5) is 0 Å². The van der Waals surface area contributed by atoms with Crippen LogP contribution < -0.4 is 10.9 Å². The first-order valence-corrected chi connectivity index (χ1v) is 5.05. The predicted octanol–water partition coefficient (Wildman–Crippen LogP) is -0.0880. The highest BCUT2D eigenvalue weighted by molar-refractivity contribution is 5.76. The van der Waals surface area contributed by atoms with Crippen LogP contribution in [0.25, 0.3) is 0 Å². The molecule has 80 valence electrons. The second kappa shape index (κ2) is 4.25. The van der Waals surface area contributed by atoms with Gasteiger partial charge in [0.2, 0.25) is 5.91 Å². The molecule has 1 aromatic rings. The molecule has 0 saturated heterocycles. The van der Waals surface area contributed by atoms with Crippen molar-refractivity contribution in [3.63, 3.8) is 0 Å². The smallest absolute Gasteiger partial charge is 0.253 e. The second-order valence-electron chi connectivity index (χ2n) is 3.70. The summed E-state index contributed by atoms with van der Waals surface area (Å²) in [7, 11) is 0. The van der Waals surface area contributed by atoms with E-state index >= 15 is 0 Å². The first-order chi connectivity index (χ1) is 7.25. The molecule has 0 unspecified atom stereocenters. The Hall–Kier alpha value is -1.65. The molecule has 0 bridgehead atoms. The molecular weight excluding hydrogens is 194 g/mol. The van der Waals surface area contributed by atoms with E-state index < -0.39 is 0 Å². The molecule has 1 aliphatic carbocycles. The van der Waals surface area contributed by atoms with Crippen LogP contribution in [0, 0.1) is 0 Å². The minimum absolute atomic E-state index is 0.00764. The van der Waals surface area contributed by atoms with Crippen molar-refractivity contribution in [2.24, 2.45) is 0 Å². The molecule has 0 radical (unpaired) electrons. The third-order valence-electron chi connectivity index (χ3n) is 2.31. The van der Waals surface area contributed by atoms with Crippen molar-refractivity contribution in [1.82, 2.24) is 14.9 Å². The Morgan fingerprint density at radius 3 is 3.07 bits per heavy atom. The topological polar surface area (TPSA) is 64.0 Å². The summed E-state index contributed by atoms with van der Waals surface area (Å²) in [5.74, 6) is 0.00764. The summed E-state index contributed by atoms with van der Waals surface area (Å²) < 4.78 is 1.44. The van der Waals surface area contributed by atoms with Crippen molar-refractivity contribution >= 4 is 5.91 Å². The highest BCUT2D eigenvalue weighted by atomic mass is 16.2. The highest BCUT2D eigenvalue weighted by Crippen LogP contribution is 2.18. The number of carbonyl (C=O) groups is 1. The Morgan fingerprint density at radius 1 is 1.60 bits per heavy atom. The molecule has 1 aliphatic rings. The first kappa shape index (κ1) is 9.89. The van der Waals surface area contributed by atoms with Crippen molar-refractivity contribution in [2.75, 3.05) is 0 Å². The van der Waals surface area contributed by atoms with Crippen LogP contribution in [0.15, 0.2) is 23.4 Å². The minimum Gasteiger partial charge on any atom is -0.353 e. The maximum absolute atomic E-state index is 11.3. The van der Waals surface area contributed by atoms with Gasteiger partial charge in [0, 0.05) is 31.3 Å². The Kier molecular flexibility index (Phi) is 2.80. The van der Waals surface area contributed by atoms with E-state index in [4.69, 9.17) is 0 Å². The Balaban J connectivity index is 1.84. The summed E-state index contributed by atoms with van der Waals surface area (Å²) in [6.45, 7) is 0.394. The Labute approximate surface area is 87.1 Å². The molecule has 1 aromatic heterocycles. The number of aryl methyl sites for hydroxylation is 1. The summed E-state index contributed by atoms with van der Waals surface area (Å²) in [6.07, 6.45) is 5.40. The maximum Gasteiger partial charge on any atom is 0.253 e. The van der Waals surface area contributed by atoms with Crippen molar-refractivity contribution < 1.29 is 4.79 Å². The molecule has 0 spiro atoms. The van der Waals surface area contributed by atoms with Crippen LogP contribution in [0.1, 0.15) is 19.3 Å². The van der Waals surface area contributed by atoms with E-state index in [1.165, 1.54) is 23.2 Å². The lowest BCUT2D eigenvalue weighted by Gasteiger charge is -2.04. The summed E-state index contributed by atoms with van der Waals surface area (Å²) in [4.78, 5) is 26.4. The third kappa shape index (κ3) is 2.90. The Bertz CT molecular complexity index is 409. The van der Waals surface area contributed by atoms with Gasteiger partial charge in [-0.1, -0.05) is 0 Å². The number of nitrogens with one attached hydrogen (secondary N) is 1. The van der Waals surface area contributed by atoms with Gasteiger partial charge in [-0.25, -0.2) is 4.98 Å². The standard InChI is InChI=1S/C10H13N3O2/c14-9(12-8-1-2-8)4-6-13-7-11-5-3-10(13)15/h3,5,7-8H,1-2,4,6H2,(H,12,14). The monoisotopic (exact) mass is 207 g/mol. The van der Waals surface area contributed by atoms with E-state index in [9.17, 15) is 9.59 Å². The zero-order valence-electron chi connectivity index (χ0n) is 8.35. The van der Waals surface area contributed by atoms with Crippen LogP contribution in [-0.4, -0.2) is 21.5 Å². The zero-order chi connectivity index (χ0) is 10.7. The molecule has 5 heteroatoms. The largest absolute Gasteiger partial charge is 0.353 e. The van der Waals surface area contributed by atoms with Gasteiger partial charge in [-0.2, -0.15) is 0 Å². The van der Waals surface area contributed by atoms with Crippen molar-refractivity contribution in [2.45, 2.75) is 31.8 Å². The number of nitrogens with zero attached hydrogens (tertiary/aromatic N) is 2. The quantitative estimate of drug-likeness (QED) is 0.750. The number of hydrogen-bond acceptors (Lipinski definition) is 3. The molecule has 1 fully saturated rings. The molecule has 1 heterocycles. The highest BCUT2D eigenvalue weighted by Gasteiger charge is 2.22. The van der Waals surface area contributed by atoms with E-state index in [1.807, 2.05) is 0 Å². The van der Waals surface area contributed by atoms with Gasteiger partial charge in [-0.3, -0.25) is 14.2 Å². The van der Waals surface area contributed by atoms with Crippen molar-refractivity contribution in [3.8, 4) is 0 Å². The third-order valence-corrected chi connectivity index (χ3v) is 2.31. The van der Waals surface area contributed by atoms with Crippen LogP contribution in [0.3, 0.4) is 0 Å². The van der Waals surface area contributed by atoms with Crippen LogP contribution >= 0.6 is 0 Å². The molecule has 0 aliphatic heterocycles. The molecule has 1 saturated carbocycles. The molecular formula is C10H13N3O2. The maximum atomic E-state index is 11.3. The molecule has 1 amide bonds. The van der Waals surface area contributed by atoms with Gasteiger partial charge in [-0.15, -0.1) is 0 Å². The number of rotatable bonds is 4. The fourth-order valence-corrected chi connectivity index (χ4v) is 1.30. The number of amides is 1. The fraction of sp³-hybridized carbons (Fsp3) is 0.500. The first-order valence-electron chi connectivity index (χ1n) is 5.05. The second-order valence-corrected chi connectivity index (χ2v) is 3.70. The van der Waals surface area contributed by atoms with Gasteiger partial charge in [0.1, 0.15) is 0 Å². The van der Waals surface area contributed by atoms with Crippen molar-refractivity contribution in [3.05, 3.63) is 28.9 Å². The molecule has 15 heavy (non-hydrogen) atoms. The van der Waals surface area contributed by atoms with Gasteiger partial charge in [0.15, 0.2) is 0 Å². The summed E-state index contributed by atoms with van der Waals surface area (Å²) in [5, 5.41) is 2.87. The molecule has 5 nitrogen and oxygen atoms in total. The van der Waals surface area contributed by atoms with E-state index in [0.29, 0.717) is 19.0 Å². The predicted molar refractivity (Wildman–Crippen MR) is 54.3 cm³/mol. The lowest BCUT2D eigenvalue weighted by atomic mass is 10.4. The minimum atomic E-state index is -0.121. The molecule has 1 N–H and O–H groups in total. The van der Waals surface area contributed by atoms with Gasteiger partial charge >= 0.3 is 0 Å². The van der Waals surface area contributed by atoms with E-state index in [1.54, 1.807) is 0 Å². The summed E-state index contributed by atoms with van der Waals surface area (Å²) in [5.41, 5.74) is -0.121. The average Bonchev–Trinajstić information content (AvgIpc) is 3.00. The van der Waals surface area contributed by atoms with Crippen LogP contribution in [0.2, 0.25) is 0 Å². The zero-order valence-corrected chi connectivity index (χ0v) is 8.35. The van der Waals surface area contributed by atoms with E-state index in [0.717, 1.165) is 12.8 Å². The van der Waals surface area contributed by atoms with E-state index in [-0.39, 0.29) is 11.5 Å². The van der Waals surface area contributed by atoms with Crippen LogP contribution in [-0.2, 0) is 11.3 Å². The van der Waals surface area contributed by atoms with Gasteiger partial charge in [-0.05, 0) is 12.8 Å². The molecule has 0 aromatic carbocycles. The number of hydrogen-bond donors (Lipinski definition) is 1. The average molecular weight is 207 g/mol. The van der Waals surface area contributed by atoms with Gasteiger partial charge < -0.3 is 5.32 Å². The fourth-order valence-electron chi connectivity index (χ4n) is 1.30. The SMILES string of the molecule is O=C(CCn1cnccc1=O)NC1CC1. The normalized spacial score (nSPS) is 14.9. The van der Waals surface area contributed by atoms with Gasteiger partial charge in [0.25, 0.3) is 5.56 Å². The molecule has 2 rings (SSSR count). The van der Waals surface area contributed by atoms with Crippen LogP contribution in [0.5, 0.6) is 0 Å².